The van der Waals surface area contributed by atoms with Gasteiger partial charge < -0.3 is 14.8 Å². The van der Waals surface area contributed by atoms with Gasteiger partial charge in [0.1, 0.15) is 5.02 Å². The van der Waals surface area contributed by atoms with Crippen molar-refractivity contribution in [1.29, 1.82) is 0 Å². The molecule has 0 aliphatic heterocycles. The number of hydrogen-bond donors (Lipinski definition) is 1. The van der Waals surface area contributed by atoms with E-state index in [9.17, 15) is 18.0 Å². The molecule has 1 aliphatic carbocycles. The molecule has 0 aromatic carbocycles. The van der Waals surface area contributed by atoms with Crippen molar-refractivity contribution in [3.63, 3.8) is 0 Å². The summed E-state index contributed by atoms with van der Waals surface area (Å²) in [5.74, 6) is 0.304. The molecule has 2 aromatic rings. The number of halogens is 4. The molecule has 0 unspecified atom stereocenters. The number of carbonyl (C=O) groups is 1. The highest BCUT2D eigenvalue weighted by molar-refractivity contribution is 6.33. The number of nitrogens with zero attached hydrogens (tertiary/aromatic N) is 3. The van der Waals surface area contributed by atoms with Gasteiger partial charge in [0.25, 0.3) is 0 Å². The van der Waals surface area contributed by atoms with Crippen molar-refractivity contribution < 1.29 is 27.4 Å². The molecular formula is C19H22ClF3N4O3. The van der Waals surface area contributed by atoms with Crippen LogP contribution in [0.1, 0.15) is 32.3 Å². The quantitative estimate of drug-likeness (QED) is 0.670. The van der Waals surface area contributed by atoms with Gasteiger partial charge in [0.2, 0.25) is 11.8 Å². The Balaban J connectivity index is 1.50. The van der Waals surface area contributed by atoms with Gasteiger partial charge in [-0.15, -0.1) is 0 Å². The number of aromatic nitrogens is 3. The molecule has 164 valence electrons. The van der Waals surface area contributed by atoms with E-state index in [0.29, 0.717) is 13.2 Å². The van der Waals surface area contributed by atoms with Crippen molar-refractivity contribution in [2.75, 3.05) is 13.2 Å². The third kappa shape index (κ3) is 5.63. The summed E-state index contributed by atoms with van der Waals surface area (Å²) >= 11 is 6.28. The lowest BCUT2D eigenvalue weighted by Gasteiger charge is -2.35. The van der Waals surface area contributed by atoms with Gasteiger partial charge in [-0.25, -0.2) is 9.67 Å². The van der Waals surface area contributed by atoms with Gasteiger partial charge in [0.05, 0.1) is 36.8 Å². The van der Waals surface area contributed by atoms with E-state index in [2.05, 4.69) is 15.4 Å². The molecule has 1 atom stereocenters. The van der Waals surface area contributed by atoms with Crippen LogP contribution < -0.4 is 10.1 Å². The molecule has 0 spiro atoms. The van der Waals surface area contributed by atoms with Crippen LogP contribution in [0.5, 0.6) is 5.88 Å². The third-order valence-corrected chi connectivity index (χ3v) is 5.03. The summed E-state index contributed by atoms with van der Waals surface area (Å²) in [5, 5.41) is 6.57. The monoisotopic (exact) mass is 446 g/mol. The number of rotatable bonds is 8. The maximum absolute atomic E-state index is 12.8. The number of alkyl halides is 3. The first-order valence-electron chi connectivity index (χ1n) is 9.41. The van der Waals surface area contributed by atoms with E-state index in [0.717, 1.165) is 29.9 Å². The van der Waals surface area contributed by atoms with Crippen molar-refractivity contribution >= 4 is 17.5 Å². The first kappa shape index (κ1) is 22.4. The van der Waals surface area contributed by atoms with Crippen LogP contribution >= 0.6 is 11.6 Å². The van der Waals surface area contributed by atoms with Crippen LogP contribution in [-0.4, -0.2) is 46.0 Å². The minimum Gasteiger partial charge on any atom is -0.476 e. The highest BCUT2D eigenvalue weighted by Gasteiger charge is 2.33. The second kappa shape index (κ2) is 9.22. The summed E-state index contributed by atoms with van der Waals surface area (Å²) in [6.45, 7) is 4.14. The Morgan fingerprint density at radius 1 is 1.43 bits per heavy atom. The van der Waals surface area contributed by atoms with E-state index < -0.39 is 11.7 Å². The van der Waals surface area contributed by atoms with Crippen LogP contribution in [0.3, 0.4) is 0 Å². The molecule has 1 N–H and O–H groups in total. The Labute approximate surface area is 176 Å². The highest BCUT2D eigenvalue weighted by Crippen LogP contribution is 2.34. The summed E-state index contributed by atoms with van der Waals surface area (Å²) in [5.41, 5.74) is -0.620. The lowest BCUT2D eigenvalue weighted by molar-refractivity contribution is -0.137. The molecule has 1 amide bonds. The average molecular weight is 447 g/mol. The zero-order valence-electron chi connectivity index (χ0n) is 16.4. The van der Waals surface area contributed by atoms with Gasteiger partial charge in [0, 0.05) is 25.4 Å². The number of carbonyl (C=O) groups excluding carboxylic acids is 1. The fourth-order valence-electron chi connectivity index (χ4n) is 3.11. The van der Waals surface area contributed by atoms with E-state index in [-0.39, 0.29) is 40.6 Å². The summed E-state index contributed by atoms with van der Waals surface area (Å²) in [6, 6.07) is 1.41. The number of ether oxygens (including phenoxy) is 2. The number of nitrogens with one attached hydrogen (secondary N) is 1. The molecule has 7 nitrogen and oxygen atoms in total. The Hall–Kier alpha value is -2.33. The van der Waals surface area contributed by atoms with Gasteiger partial charge in [0.15, 0.2) is 0 Å². The summed E-state index contributed by atoms with van der Waals surface area (Å²) in [7, 11) is 0. The highest BCUT2D eigenvalue weighted by atomic mass is 35.5. The van der Waals surface area contributed by atoms with E-state index in [4.69, 9.17) is 21.1 Å². The van der Waals surface area contributed by atoms with Crippen LogP contribution in [0.4, 0.5) is 13.2 Å². The predicted octanol–water partition coefficient (Wildman–Crippen LogP) is 3.64. The first-order chi connectivity index (χ1) is 14.1. The second-order valence-electron chi connectivity index (χ2n) is 7.33. The van der Waals surface area contributed by atoms with Crippen LogP contribution in [-0.2, 0) is 15.7 Å². The van der Waals surface area contributed by atoms with E-state index in [1.165, 1.54) is 19.2 Å². The molecule has 0 bridgehead atoms. The zero-order chi connectivity index (χ0) is 21.9. The van der Waals surface area contributed by atoms with Crippen molar-refractivity contribution in [3.05, 3.63) is 35.2 Å². The number of hydrogen-bond acceptors (Lipinski definition) is 5. The Bertz CT molecular complexity index is 884. The van der Waals surface area contributed by atoms with Crippen molar-refractivity contribution in [2.45, 2.75) is 45.0 Å². The van der Waals surface area contributed by atoms with Crippen LogP contribution in [0.15, 0.2) is 24.7 Å². The first-order valence-corrected chi connectivity index (χ1v) is 9.79. The molecule has 0 saturated heterocycles. The van der Waals surface area contributed by atoms with E-state index in [1.807, 2.05) is 6.92 Å². The summed E-state index contributed by atoms with van der Waals surface area (Å²) in [4.78, 5) is 15.1. The molecular weight excluding hydrogens is 425 g/mol. The summed E-state index contributed by atoms with van der Waals surface area (Å²) in [6.07, 6.45) is 0.228. The SMILES string of the molecule is CC(=O)N[C@@H](C)CO[C@H]1C[C@H](COc2nccc(-n3cc(C(F)(F)F)cn3)c2Cl)C1. The molecule has 30 heavy (non-hydrogen) atoms. The maximum Gasteiger partial charge on any atom is 0.419 e. The molecule has 11 heteroatoms. The molecule has 1 saturated carbocycles. The largest absolute Gasteiger partial charge is 0.476 e. The molecule has 3 rings (SSSR count). The van der Waals surface area contributed by atoms with E-state index >= 15 is 0 Å². The standard InChI is InChI=1S/C19H22ClF3N4O3/c1-11(26-12(2)28)9-29-15-5-13(6-15)10-30-18-17(20)16(3-4-24-18)27-8-14(7-25-27)19(21,22)23/h3-4,7-8,11,13,15H,5-6,9-10H2,1-2H3,(H,26,28)/t11-,13-,15-/m0/s1. The minimum absolute atomic E-state index is 0.0521. The van der Waals surface area contributed by atoms with Crippen LogP contribution in [0, 0.1) is 5.92 Å². The zero-order valence-corrected chi connectivity index (χ0v) is 17.2. The van der Waals surface area contributed by atoms with Gasteiger partial charge >= 0.3 is 6.18 Å². The molecule has 0 radical (unpaired) electrons. The van der Waals surface area contributed by atoms with Crippen LogP contribution in [0.25, 0.3) is 5.69 Å². The topological polar surface area (TPSA) is 78.3 Å². The fourth-order valence-corrected chi connectivity index (χ4v) is 3.36. The lowest BCUT2D eigenvalue weighted by atomic mass is 9.83. The third-order valence-electron chi connectivity index (χ3n) is 4.67. The molecule has 1 fully saturated rings. The Kier molecular flexibility index (Phi) is 6.87. The van der Waals surface area contributed by atoms with Crippen LogP contribution in [0.2, 0.25) is 5.02 Å². The lowest BCUT2D eigenvalue weighted by Crippen LogP contribution is -2.40. The van der Waals surface area contributed by atoms with Gasteiger partial charge in [-0.05, 0) is 31.7 Å². The molecule has 2 heterocycles. The number of amides is 1. The average Bonchev–Trinajstić information content (AvgIpc) is 3.10. The number of pyridine rings is 1. The Morgan fingerprint density at radius 2 is 2.17 bits per heavy atom. The smallest absolute Gasteiger partial charge is 0.419 e. The normalized spacial score (nSPS) is 19.8. The summed E-state index contributed by atoms with van der Waals surface area (Å²) < 4.78 is 50.8. The van der Waals surface area contributed by atoms with Crippen molar-refractivity contribution in [1.82, 2.24) is 20.1 Å². The second-order valence-corrected chi connectivity index (χ2v) is 7.70. The van der Waals surface area contributed by atoms with Gasteiger partial charge in [-0.3, -0.25) is 4.79 Å². The Morgan fingerprint density at radius 3 is 2.80 bits per heavy atom. The maximum atomic E-state index is 12.8. The van der Waals surface area contributed by atoms with Gasteiger partial charge in [-0.1, -0.05) is 11.6 Å². The fraction of sp³-hybridized carbons (Fsp3) is 0.526. The molecule has 2 aromatic heterocycles. The molecule has 1 aliphatic rings. The minimum atomic E-state index is -4.49. The van der Waals surface area contributed by atoms with Gasteiger partial charge in [-0.2, -0.15) is 18.3 Å². The van der Waals surface area contributed by atoms with Crippen molar-refractivity contribution in [2.24, 2.45) is 5.92 Å². The van der Waals surface area contributed by atoms with Crippen molar-refractivity contribution in [3.8, 4) is 11.6 Å². The predicted molar refractivity (Wildman–Crippen MR) is 103 cm³/mol. The van der Waals surface area contributed by atoms with E-state index in [1.54, 1.807) is 0 Å².